The van der Waals surface area contributed by atoms with Gasteiger partial charge in [0, 0.05) is 30.5 Å². The van der Waals surface area contributed by atoms with Gasteiger partial charge in [0.15, 0.2) is 0 Å². The number of nitrogens with one attached hydrogen (secondary N) is 1. The highest BCUT2D eigenvalue weighted by Crippen LogP contribution is 2.21. The molecule has 4 heteroatoms. The minimum absolute atomic E-state index is 0.204. The van der Waals surface area contributed by atoms with E-state index in [0.29, 0.717) is 0 Å². The van der Waals surface area contributed by atoms with E-state index in [9.17, 15) is 9.18 Å². The van der Waals surface area contributed by atoms with Crippen molar-refractivity contribution in [2.24, 2.45) is 0 Å². The molecule has 1 aliphatic rings. The molecule has 3 nitrogen and oxygen atoms in total. The molecule has 0 radical (unpaired) electrons. The summed E-state index contributed by atoms with van der Waals surface area (Å²) in [6.45, 7) is 2.21. The Kier molecular flexibility index (Phi) is 5.26. The normalized spacial score (nSPS) is 14.8. The van der Waals surface area contributed by atoms with Crippen molar-refractivity contribution in [3.63, 3.8) is 0 Å². The Bertz CT molecular complexity index is 701. The van der Waals surface area contributed by atoms with E-state index in [1.165, 1.54) is 43.2 Å². The third-order valence-corrected chi connectivity index (χ3v) is 4.15. The Labute approximate surface area is 141 Å². The van der Waals surface area contributed by atoms with E-state index in [1.807, 2.05) is 24.3 Å². The van der Waals surface area contributed by atoms with Crippen LogP contribution in [0, 0.1) is 5.82 Å². The van der Waals surface area contributed by atoms with Gasteiger partial charge in [0.2, 0.25) is 5.91 Å². The molecule has 0 unspecified atom stereocenters. The molecule has 124 valence electrons. The summed E-state index contributed by atoms with van der Waals surface area (Å²) in [6.07, 6.45) is 6.91. The Balaban J connectivity index is 1.57. The number of benzene rings is 2. The van der Waals surface area contributed by atoms with E-state index < -0.39 is 0 Å². The number of anilines is 2. The zero-order valence-corrected chi connectivity index (χ0v) is 13.5. The number of halogens is 1. The first-order chi connectivity index (χ1) is 11.7. The molecule has 24 heavy (non-hydrogen) atoms. The van der Waals surface area contributed by atoms with E-state index in [2.05, 4.69) is 10.2 Å². The van der Waals surface area contributed by atoms with Gasteiger partial charge in [-0.15, -0.1) is 0 Å². The van der Waals surface area contributed by atoms with Gasteiger partial charge in [0.25, 0.3) is 0 Å². The van der Waals surface area contributed by atoms with Crippen LogP contribution in [-0.2, 0) is 4.79 Å². The van der Waals surface area contributed by atoms with Crippen molar-refractivity contribution in [1.82, 2.24) is 0 Å². The van der Waals surface area contributed by atoms with Crippen molar-refractivity contribution in [1.29, 1.82) is 0 Å². The number of carbonyl (C=O) groups excluding carboxylic acids is 1. The number of rotatable bonds is 4. The zero-order chi connectivity index (χ0) is 16.8. The highest BCUT2D eigenvalue weighted by atomic mass is 19.1. The van der Waals surface area contributed by atoms with Crippen LogP contribution in [0.2, 0.25) is 0 Å². The molecule has 1 heterocycles. The topological polar surface area (TPSA) is 32.3 Å². The molecule has 0 aliphatic carbocycles. The first kappa shape index (κ1) is 16.2. The SMILES string of the molecule is O=C(/C=C/c1ccc(F)cc1)Nc1ccc(N2CCCCC2)cc1. The number of carbonyl (C=O) groups is 1. The summed E-state index contributed by atoms with van der Waals surface area (Å²) >= 11 is 0. The first-order valence-corrected chi connectivity index (χ1v) is 8.30. The molecule has 0 aromatic heterocycles. The molecule has 1 amide bonds. The standard InChI is InChI=1S/C20H21FN2O/c21-17-7-4-16(5-8-17)6-13-20(24)22-18-9-11-19(12-10-18)23-14-2-1-3-15-23/h4-13H,1-3,14-15H2,(H,22,24)/b13-6+. The van der Waals surface area contributed by atoms with Crippen molar-refractivity contribution < 1.29 is 9.18 Å². The molecule has 0 saturated carbocycles. The van der Waals surface area contributed by atoms with Crippen molar-refractivity contribution in [2.45, 2.75) is 19.3 Å². The van der Waals surface area contributed by atoms with Gasteiger partial charge in [0.05, 0.1) is 0 Å². The van der Waals surface area contributed by atoms with Crippen molar-refractivity contribution >= 4 is 23.4 Å². The van der Waals surface area contributed by atoms with Crippen LogP contribution in [-0.4, -0.2) is 19.0 Å². The van der Waals surface area contributed by atoms with Gasteiger partial charge in [-0.1, -0.05) is 12.1 Å². The molecular weight excluding hydrogens is 303 g/mol. The molecule has 0 bridgehead atoms. The molecule has 0 spiro atoms. The van der Waals surface area contributed by atoms with Gasteiger partial charge in [-0.2, -0.15) is 0 Å². The van der Waals surface area contributed by atoms with Gasteiger partial charge < -0.3 is 10.2 Å². The second-order valence-corrected chi connectivity index (χ2v) is 5.97. The van der Waals surface area contributed by atoms with E-state index >= 15 is 0 Å². The van der Waals surface area contributed by atoms with Gasteiger partial charge in [-0.3, -0.25) is 4.79 Å². The lowest BCUT2D eigenvalue weighted by molar-refractivity contribution is -0.111. The monoisotopic (exact) mass is 324 g/mol. The van der Waals surface area contributed by atoms with Crippen LogP contribution >= 0.6 is 0 Å². The summed E-state index contributed by atoms with van der Waals surface area (Å²) in [5.41, 5.74) is 2.76. The van der Waals surface area contributed by atoms with Crippen LogP contribution in [0.1, 0.15) is 24.8 Å². The predicted octanol–water partition coefficient (Wildman–Crippen LogP) is 4.47. The molecule has 2 aromatic carbocycles. The molecule has 2 aromatic rings. The number of hydrogen-bond donors (Lipinski definition) is 1. The Morgan fingerprint density at radius 3 is 2.29 bits per heavy atom. The molecule has 3 rings (SSSR count). The van der Waals surface area contributed by atoms with Gasteiger partial charge in [0.1, 0.15) is 5.82 Å². The second-order valence-electron chi connectivity index (χ2n) is 5.97. The molecule has 1 N–H and O–H groups in total. The maximum Gasteiger partial charge on any atom is 0.248 e. The largest absolute Gasteiger partial charge is 0.372 e. The third-order valence-electron chi connectivity index (χ3n) is 4.15. The average molecular weight is 324 g/mol. The van der Waals surface area contributed by atoms with Crippen molar-refractivity contribution in [3.8, 4) is 0 Å². The molecule has 0 atom stereocenters. The van der Waals surface area contributed by atoms with Gasteiger partial charge >= 0.3 is 0 Å². The van der Waals surface area contributed by atoms with E-state index in [1.54, 1.807) is 18.2 Å². The molecular formula is C20H21FN2O. The fraction of sp³-hybridized carbons (Fsp3) is 0.250. The van der Waals surface area contributed by atoms with Crippen molar-refractivity contribution in [2.75, 3.05) is 23.3 Å². The van der Waals surface area contributed by atoms with E-state index in [4.69, 9.17) is 0 Å². The van der Waals surface area contributed by atoms with Crippen LogP contribution < -0.4 is 10.2 Å². The predicted molar refractivity (Wildman–Crippen MR) is 96.6 cm³/mol. The fourth-order valence-corrected chi connectivity index (χ4v) is 2.84. The average Bonchev–Trinajstić information content (AvgIpc) is 2.63. The zero-order valence-electron chi connectivity index (χ0n) is 13.5. The first-order valence-electron chi connectivity index (χ1n) is 8.30. The summed E-state index contributed by atoms with van der Waals surface area (Å²) < 4.78 is 12.8. The lowest BCUT2D eigenvalue weighted by atomic mass is 10.1. The number of hydrogen-bond acceptors (Lipinski definition) is 2. The summed E-state index contributed by atoms with van der Waals surface area (Å²) in [5.74, 6) is -0.490. The minimum atomic E-state index is -0.287. The van der Waals surface area contributed by atoms with Gasteiger partial charge in [-0.05, 0) is 67.3 Å². The van der Waals surface area contributed by atoms with Crippen LogP contribution in [0.25, 0.3) is 6.08 Å². The van der Waals surface area contributed by atoms with Gasteiger partial charge in [-0.25, -0.2) is 4.39 Å². The molecule has 1 aliphatic heterocycles. The minimum Gasteiger partial charge on any atom is -0.372 e. The Hall–Kier alpha value is -2.62. The number of amides is 1. The van der Waals surface area contributed by atoms with Crippen LogP contribution in [0.4, 0.5) is 15.8 Å². The summed E-state index contributed by atoms with van der Waals surface area (Å²) in [6, 6.07) is 13.9. The molecule has 1 saturated heterocycles. The third kappa shape index (κ3) is 4.44. The maximum atomic E-state index is 12.8. The summed E-state index contributed by atoms with van der Waals surface area (Å²) in [4.78, 5) is 14.3. The molecule has 1 fully saturated rings. The number of nitrogens with zero attached hydrogens (tertiary/aromatic N) is 1. The van der Waals surface area contributed by atoms with E-state index in [-0.39, 0.29) is 11.7 Å². The highest BCUT2D eigenvalue weighted by molar-refractivity contribution is 6.02. The summed E-state index contributed by atoms with van der Waals surface area (Å²) in [5, 5.41) is 2.84. The quantitative estimate of drug-likeness (QED) is 0.842. The lowest BCUT2D eigenvalue weighted by Gasteiger charge is -2.28. The van der Waals surface area contributed by atoms with E-state index in [0.717, 1.165) is 24.3 Å². The maximum absolute atomic E-state index is 12.8. The fourth-order valence-electron chi connectivity index (χ4n) is 2.84. The Morgan fingerprint density at radius 2 is 1.62 bits per heavy atom. The second kappa shape index (κ2) is 7.77. The smallest absolute Gasteiger partial charge is 0.248 e. The van der Waals surface area contributed by atoms with Crippen LogP contribution in [0.5, 0.6) is 0 Å². The van der Waals surface area contributed by atoms with Crippen molar-refractivity contribution in [3.05, 3.63) is 66.0 Å². The Morgan fingerprint density at radius 1 is 0.958 bits per heavy atom. The summed E-state index contributed by atoms with van der Waals surface area (Å²) in [7, 11) is 0. The lowest BCUT2D eigenvalue weighted by Crippen LogP contribution is -2.29. The highest BCUT2D eigenvalue weighted by Gasteiger charge is 2.10. The van der Waals surface area contributed by atoms with Crippen LogP contribution in [0.3, 0.4) is 0 Å². The number of piperidine rings is 1. The van der Waals surface area contributed by atoms with Crippen LogP contribution in [0.15, 0.2) is 54.6 Å².